The third-order valence-corrected chi connectivity index (χ3v) is 0.834. The molecule has 0 aliphatic heterocycles. The van der Waals surface area contributed by atoms with Crippen LogP contribution in [0.25, 0.3) is 0 Å². The van der Waals surface area contributed by atoms with Gasteiger partial charge >= 0.3 is 21.1 Å². The van der Waals surface area contributed by atoms with Gasteiger partial charge in [-0.05, 0) is 0 Å². The Morgan fingerprint density at radius 3 is 1.67 bits per heavy atom. The van der Waals surface area contributed by atoms with Crippen molar-refractivity contribution in [2.45, 2.75) is 13.8 Å². The number of carbonyl (C=O) groups is 1. The largest absolute Gasteiger partial charge is 2.00 e. The molecule has 0 rings (SSSR count). The van der Waals surface area contributed by atoms with Crippen molar-refractivity contribution in [2.24, 2.45) is 0 Å². The fraction of sp³-hybridized carbons (Fsp3) is 0.667. The van der Waals surface area contributed by atoms with E-state index < -0.39 is 0 Å². The third kappa shape index (κ3) is 4.53. The van der Waals surface area contributed by atoms with Gasteiger partial charge in [0, 0.05) is 14.1 Å². The van der Waals surface area contributed by atoms with E-state index in [-0.39, 0.29) is 27.0 Å². The van der Waals surface area contributed by atoms with Crippen LogP contribution in [0.5, 0.6) is 0 Å². The van der Waals surface area contributed by atoms with Gasteiger partial charge in [0.15, 0.2) is 0 Å². The number of hydrogen-bond donors (Lipinski definition) is 0. The standard InChI is InChI=1S/C6H12NO.W/c1-5(2)6(8)7(3)4;/h1-4H3;/q-1;+2. The first-order valence-corrected chi connectivity index (χ1v) is 2.57. The summed E-state index contributed by atoms with van der Waals surface area (Å²) in [6.45, 7) is 3.62. The van der Waals surface area contributed by atoms with E-state index >= 15 is 0 Å². The Kier molecular flexibility index (Phi) is 6.37. The second-order valence-corrected chi connectivity index (χ2v) is 2.20. The van der Waals surface area contributed by atoms with Crippen LogP contribution in [0.2, 0.25) is 0 Å². The maximum Gasteiger partial charge on any atom is 2.00 e. The van der Waals surface area contributed by atoms with Gasteiger partial charge in [-0.3, -0.25) is 5.92 Å². The summed E-state index contributed by atoms with van der Waals surface area (Å²) in [5.74, 6) is 0.931. The van der Waals surface area contributed by atoms with Gasteiger partial charge in [0.25, 0.3) is 0 Å². The van der Waals surface area contributed by atoms with Crippen LogP contribution in [0, 0.1) is 5.92 Å². The Labute approximate surface area is 70.9 Å². The number of hydrogen-bond acceptors (Lipinski definition) is 1. The topological polar surface area (TPSA) is 20.3 Å². The molecule has 0 radical (unpaired) electrons. The summed E-state index contributed by atoms with van der Waals surface area (Å²) in [6, 6.07) is 0. The Bertz CT molecular complexity index is 81.1. The van der Waals surface area contributed by atoms with Crippen LogP contribution < -0.4 is 0 Å². The normalized spacial score (nSPS) is 7.56. The van der Waals surface area contributed by atoms with Crippen molar-refractivity contribution in [3.8, 4) is 0 Å². The molecule has 9 heavy (non-hydrogen) atoms. The Hall–Kier alpha value is 0.0283. The van der Waals surface area contributed by atoms with E-state index in [1.807, 2.05) is 13.8 Å². The Balaban J connectivity index is 0. The molecule has 1 amide bonds. The molecule has 0 aromatic heterocycles. The molecule has 0 bridgehead atoms. The summed E-state index contributed by atoms with van der Waals surface area (Å²) in [6.07, 6.45) is 0. The SMILES string of the molecule is C[C-](C)C(=O)N(C)C.[W+2]. The minimum absolute atomic E-state index is 0. The summed E-state index contributed by atoms with van der Waals surface area (Å²) in [5, 5.41) is 0. The number of rotatable bonds is 1. The zero-order valence-corrected chi connectivity index (χ0v) is 9.20. The smallest absolute Gasteiger partial charge is 0.373 e. The van der Waals surface area contributed by atoms with Crippen LogP contribution in [0.4, 0.5) is 0 Å². The van der Waals surface area contributed by atoms with Crippen LogP contribution in [-0.4, -0.2) is 24.9 Å². The average Bonchev–Trinajstić information content (AvgIpc) is 1.64. The number of nitrogens with zero attached hydrogens (tertiary/aromatic N) is 1. The summed E-state index contributed by atoms with van der Waals surface area (Å²) in [7, 11) is 3.49. The minimum atomic E-state index is 0. The molecular formula is C6H12NOW+. The molecule has 0 unspecified atom stereocenters. The van der Waals surface area contributed by atoms with Crippen LogP contribution in [0.15, 0.2) is 0 Å². The minimum Gasteiger partial charge on any atom is -0.373 e. The molecule has 0 N–H and O–H groups in total. The fourth-order valence-electron chi connectivity index (χ4n) is 0.447. The van der Waals surface area contributed by atoms with Gasteiger partial charge in [-0.1, -0.05) is 0 Å². The van der Waals surface area contributed by atoms with Crippen LogP contribution >= 0.6 is 0 Å². The number of carbonyl (C=O) groups excluding carboxylic acids is 1. The molecular weight excluding hydrogens is 286 g/mol. The second kappa shape index (κ2) is 4.87. The third-order valence-electron chi connectivity index (χ3n) is 0.834. The Morgan fingerprint density at radius 1 is 1.33 bits per heavy atom. The van der Waals surface area contributed by atoms with Crippen molar-refractivity contribution in [3.05, 3.63) is 5.92 Å². The van der Waals surface area contributed by atoms with Gasteiger partial charge in [0.1, 0.15) is 0 Å². The van der Waals surface area contributed by atoms with E-state index in [0.717, 1.165) is 5.92 Å². The molecule has 2 nitrogen and oxygen atoms in total. The van der Waals surface area contributed by atoms with Crippen LogP contribution in [-0.2, 0) is 25.9 Å². The van der Waals surface area contributed by atoms with Gasteiger partial charge in [0.2, 0.25) is 0 Å². The summed E-state index contributed by atoms with van der Waals surface area (Å²) < 4.78 is 0. The molecule has 0 aromatic carbocycles. The van der Waals surface area contributed by atoms with E-state index in [1.165, 1.54) is 0 Å². The molecule has 0 fully saturated rings. The quantitative estimate of drug-likeness (QED) is 0.652. The molecule has 0 saturated carbocycles. The molecule has 0 saturated heterocycles. The zero-order chi connectivity index (χ0) is 6.73. The maximum absolute atomic E-state index is 10.7. The first kappa shape index (κ1) is 11.8. The van der Waals surface area contributed by atoms with E-state index in [9.17, 15) is 4.79 Å². The molecule has 52 valence electrons. The van der Waals surface area contributed by atoms with Crippen molar-refractivity contribution in [1.29, 1.82) is 0 Å². The predicted molar refractivity (Wildman–Crippen MR) is 33.3 cm³/mol. The molecule has 0 spiro atoms. The van der Waals surface area contributed by atoms with Gasteiger partial charge in [0.05, 0.1) is 5.91 Å². The first-order chi connectivity index (χ1) is 3.55. The zero-order valence-electron chi connectivity index (χ0n) is 6.26. The van der Waals surface area contributed by atoms with Crippen molar-refractivity contribution < 1.29 is 25.9 Å². The second-order valence-electron chi connectivity index (χ2n) is 2.20. The van der Waals surface area contributed by atoms with Gasteiger partial charge in [-0.2, -0.15) is 13.8 Å². The van der Waals surface area contributed by atoms with E-state index in [2.05, 4.69) is 0 Å². The van der Waals surface area contributed by atoms with E-state index in [1.54, 1.807) is 19.0 Å². The summed E-state index contributed by atoms with van der Waals surface area (Å²) >= 11 is 0. The van der Waals surface area contributed by atoms with Gasteiger partial charge < -0.3 is 9.69 Å². The van der Waals surface area contributed by atoms with Crippen molar-refractivity contribution in [2.75, 3.05) is 14.1 Å². The average molecular weight is 298 g/mol. The van der Waals surface area contributed by atoms with E-state index in [0.29, 0.717) is 0 Å². The molecule has 0 aromatic rings. The molecule has 3 heteroatoms. The first-order valence-electron chi connectivity index (χ1n) is 2.57. The van der Waals surface area contributed by atoms with Crippen LogP contribution in [0.1, 0.15) is 13.8 Å². The summed E-state index contributed by atoms with van der Waals surface area (Å²) in [5.41, 5.74) is 0. The monoisotopic (exact) mass is 298 g/mol. The molecule has 0 aliphatic carbocycles. The van der Waals surface area contributed by atoms with Crippen LogP contribution in [0.3, 0.4) is 0 Å². The van der Waals surface area contributed by atoms with Gasteiger partial charge in [-0.25, -0.2) is 0 Å². The maximum atomic E-state index is 10.7. The molecule has 0 aliphatic rings. The predicted octanol–water partition coefficient (Wildman–Crippen LogP) is 0.686. The van der Waals surface area contributed by atoms with Gasteiger partial charge in [-0.15, -0.1) is 0 Å². The van der Waals surface area contributed by atoms with Crippen molar-refractivity contribution >= 4 is 5.91 Å². The molecule has 0 heterocycles. The summed E-state index contributed by atoms with van der Waals surface area (Å²) in [4.78, 5) is 12.3. The van der Waals surface area contributed by atoms with Crippen molar-refractivity contribution in [3.63, 3.8) is 0 Å². The Morgan fingerprint density at radius 2 is 1.67 bits per heavy atom. The van der Waals surface area contributed by atoms with Crippen molar-refractivity contribution in [1.82, 2.24) is 4.90 Å². The number of amides is 1. The fourth-order valence-corrected chi connectivity index (χ4v) is 0.447. The van der Waals surface area contributed by atoms with E-state index in [4.69, 9.17) is 0 Å². The molecule has 0 atom stereocenters.